The molecule has 0 spiro atoms. The molecule has 0 amide bonds. The van der Waals surface area contributed by atoms with Gasteiger partial charge in [0, 0.05) is 0 Å². The maximum Gasteiger partial charge on any atom is 0.192 e. The Kier molecular flexibility index (Phi) is 4.48. The quantitative estimate of drug-likeness (QED) is 0.789. The molecule has 2 aromatic heterocycles. The van der Waals surface area contributed by atoms with Crippen molar-refractivity contribution < 1.29 is 9.16 Å². The smallest absolute Gasteiger partial charge is 0.192 e. The van der Waals surface area contributed by atoms with Gasteiger partial charge in [0.15, 0.2) is 14.0 Å². The van der Waals surface area contributed by atoms with Crippen LogP contribution in [0.5, 0.6) is 0 Å². The molecule has 0 N–H and O–H groups in total. The van der Waals surface area contributed by atoms with Crippen LogP contribution < -0.4 is 0 Å². The molecule has 0 unspecified atom stereocenters. The van der Waals surface area contributed by atoms with Crippen LogP contribution >= 0.6 is 0 Å². The summed E-state index contributed by atoms with van der Waals surface area (Å²) in [5.41, 5.74) is 2.31. The largest absolute Gasteiger partial charge is 0.414 e. The molecule has 8 heteroatoms. The normalized spacial score (nSPS) is 22.4. The highest BCUT2D eigenvalue weighted by Gasteiger charge is 2.38. The van der Waals surface area contributed by atoms with Crippen LogP contribution in [0.1, 0.15) is 45.5 Å². The topological polar surface area (TPSA) is 75.0 Å². The van der Waals surface area contributed by atoms with E-state index in [1.807, 2.05) is 11.5 Å². The Hall–Kier alpha value is -1.38. The second-order valence-corrected chi connectivity index (χ2v) is 12.9. The van der Waals surface area contributed by atoms with Crippen molar-refractivity contribution in [2.75, 3.05) is 6.61 Å². The first-order valence-corrected chi connectivity index (χ1v) is 11.4. The molecule has 0 radical (unpaired) electrons. The number of ether oxygens (including phenoxy) is 1. The lowest BCUT2D eigenvalue weighted by molar-refractivity contribution is -0.0182. The van der Waals surface area contributed by atoms with Crippen molar-refractivity contribution >= 4 is 19.5 Å². The van der Waals surface area contributed by atoms with E-state index >= 15 is 0 Å². The van der Waals surface area contributed by atoms with Gasteiger partial charge in [-0.15, -0.1) is 10.2 Å². The van der Waals surface area contributed by atoms with Gasteiger partial charge in [-0.25, -0.2) is 4.98 Å². The second kappa shape index (κ2) is 6.16. The van der Waals surface area contributed by atoms with Gasteiger partial charge in [-0.05, 0) is 43.1 Å². The molecule has 2 aromatic rings. The summed E-state index contributed by atoms with van der Waals surface area (Å²) in [6.45, 7) is 13.9. The highest BCUT2D eigenvalue weighted by molar-refractivity contribution is 6.74. The predicted molar refractivity (Wildman–Crippen MR) is 94.1 cm³/mol. The lowest BCUT2D eigenvalue weighted by atomic mass is 10.2. The minimum atomic E-state index is -1.74. The number of nitrogens with zero attached hydrogens (tertiary/aromatic N) is 5. The minimum Gasteiger partial charge on any atom is -0.414 e. The summed E-state index contributed by atoms with van der Waals surface area (Å²) >= 11 is 0. The zero-order chi connectivity index (χ0) is 17.5. The lowest BCUT2D eigenvalue weighted by Gasteiger charge is -2.36. The van der Waals surface area contributed by atoms with Gasteiger partial charge in [-0.1, -0.05) is 20.8 Å². The molecule has 1 aliphatic heterocycles. The van der Waals surface area contributed by atoms with Crippen LogP contribution in [0.25, 0.3) is 11.2 Å². The van der Waals surface area contributed by atoms with Crippen molar-refractivity contribution in [1.29, 1.82) is 0 Å². The highest BCUT2D eigenvalue weighted by atomic mass is 28.4. The van der Waals surface area contributed by atoms with E-state index in [0.717, 1.165) is 29.7 Å². The number of rotatable bonds is 4. The van der Waals surface area contributed by atoms with E-state index in [4.69, 9.17) is 9.16 Å². The van der Waals surface area contributed by atoms with Crippen LogP contribution in [-0.2, 0) is 9.16 Å². The highest BCUT2D eigenvalue weighted by Crippen LogP contribution is 2.38. The monoisotopic (exact) mass is 349 g/mol. The molecule has 132 valence electrons. The molecule has 0 aliphatic carbocycles. The molecule has 0 aromatic carbocycles. The number of aromatic nitrogens is 5. The number of aryl methyl sites for hydroxylation is 1. The third kappa shape index (κ3) is 3.22. The third-order valence-corrected chi connectivity index (χ3v) is 9.78. The molecule has 1 saturated heterocycles. The van der Waals surface area contributed by atoms with E-state index < -0.39 is 8.32 Å². The Bertz CT molecular complexity index is 725. The summed E-state index contributed by atoms with van der Waals surface area (Å²) in [4.78, 5) is 4.40. The van der Waals surface area contributed by atoms with Gasteiger partial charge < -0.3 is 9.16 Å². The Balaban J connectivity index is 1.66. The summed E-state index contributed by atoms with van der Waals surface area (Å²) in [6, 6.07) is 0. The average molecular weight is 350 g/mol. The molecule has 1 fully saturated rings. The van der Waals surface area contributed by atoms with Crippen molar-refractivity contribution in [2.45, 2.75) is 71.0 Å². The van der Waals surface area contributed by atoms with E-state index in [1.54, 1.807) is 6.33 Å². The molecule has 0 saturated carbocycles. The van der Waals surface area contributed by atoms with Crippen molar-refractivity contribution in [2.24, 2.45) is 0 Å². The van der Waals surface area contributed by atoms with Gasteiger partial charge in [0.1, 0.15) is 11.7 Å². The van der Waals surface area contributed by atoms with Gasteiger partial charge in [0.2, 0.25) is 0 Å². The van der Waals surface area contributed by atoms with E-state index in [1.165, 1.54) is 0 Å². The van der Waals surface area contributed by atoms with Crippen LogP contribution in [0.2, 0.25) is 18.1 Å². The average Bonchev–Trinajstić information content (AvgIpc) is 3.10. The summed E-state index contributed by atoms with van der Waals surface area (Å²) < 4.78 is 14.5. The summed E-state index contributed by atoms with van der Waals surface area (Å²) in [5.74, 6) is 0. The van der Waals surface area contributed by atoms with E-state index in [-0.39, 0.29) is 17.4 Å². The minimum absolute atomic E-state index is 0.0564. The van der Waals surface area contributed by atoms with Crippen LogP contribution in [0, 0.1) is 6.92 Å². The number of hydrogen-bond acceptors (Lipinski definition) is 6. The first-order chi connectivity index (χ1) is 11.2. The Labute approximate surface area is 143 Å². The van der Waals surface area contributed by atoms with Gasteiger partial charge in [0.05, 0.1) is 24.7 Å². The number of fused-ring (bicyclic) bond motifs is 1. The molecule has 1 aliphatic rings. The summed E-state index contributed by atoms with van der Waals surface area (Å²) in [5, 5.41) is 12.1. The first kappa shape index (κ1) is 17.4. The van der Waals surface area contributed by atoms with Crippen molar-refractivity contribution in [1.82, 2.24) is 25.0 Å². The fourth-order valence-corrected chi connectivity index (χ4v) is 3.67. The maximum absolute atomic E-state index is 6.30. The van der Waals surface area contributed by atoms with Gasteiger partial charge in [-0.3, -0.25) is 4.57 Å². The first-order valence-electron chi connectivity index (χ1n) is 8.51. The molecule has 24 heavy (non-hydrogen) atoms. The van der Waals surface area contributed by atoms with Gasteiger partial charge in [-0.2, -0.15) is 0 Å². The lowest BCUT2D eigenvalue weighted by Crippen LogP contribution is -2.42. The van der Waals surface area contributed by atoms with E-state index in [0.29, 0.717) is 6.61 Å². The summed E-state index contributed by atoms with van der Waals surface area (Å²) in [6.07, 6.45) is 3.75. The Morgan fingerprint density at radius 1 is 1.29 bits per heavy atom. The molecule has 2 atom stereocenters. The SMILES string of the molecule is Cc1nnnc2c1ncn2[C@H]1CC[C@@H](CO[Si](C)(C)C(C)(C)C)O1. The third-order valence-electron chi connectivity index (χ3n) is 5.28. The Morgan fingerprint density at radius 2 is 2.04 bits per heavy atom. The van der Waals surface area contributed by atoms with Gasteiger partial charge in [0.25, 0.3) is 0 Å². The van der Waals surface area contributed by atoms with Crippen LogP contribution in [-0.4, -0.2) is 46.0 Å². The second-order valence-electron chi connectivity index (χ2n) is 8.06. The standard InChI is InChI=1S/C16H27N5O2Si/c1-11-14-15(19-20-18-11)21(10-17-14)13-8-7-12(23-13)9-22-24(5,6)16(2,3)4/h10,12-13H,7-9H2,1-6H3/t12-,13+/m0/s1. The molecular formula is C16H27N5O2Si. The Morgan fingerprint density at radius 3 is 2.75 bits per heavy atom. The maximum atomic E-state index is 6.30. The fraction of sp³-hybridized carbons (Fsp3) is 0.750. The van der Waals surface area contributed by atoms with Crippen molar-refractivity contribution in [3.05, 3.63) is 12.0 Å². The van der Waals surface area contributed by atoms with E-state index in [9.17, 15) is 0 Å². The number of hydrogen-bond donors (Lipinski definition) is 0. The molecule has 3 rings (SSSR count). The molecular weight excluding hydrogens is 322 g/mol. The van der Waals surface area contributed by atoms with Gasteiger partial charge >= 0.3 is 0 Å². The summed E-state index contributed by atoms with van der Waals surface area (Å²) in [7, 11) is -1.74. The fourth-order valence-electron chi connectivity index (χ4n) is 2.63. The van der Waals surface area contributed by atoms with Crippen LogP contribution in [0.3, 0.4) is 0 Å². The zero-order valence-electron chi connectivity index (χ0n) is 15.4. The zero-order valence-corrected chi connectivity index (χ0v) is 16.4. The van der Waals surface area contributed by atoms with Crippen molar-refractivity contribution in [3.63, 3.8) is 0 Å². The molecule has 0 bridgehead atoms. The van der Waals surface area contributed by atoms with Crippen LogP contribution in [0.4, 0.5) is 0 Å². The predicted octanol–water partition coefficient (Wildman–Crippen LogP) is 3.23. The van der Waals surface area contributed by atoms with Crippen LogP contribution in [0.15, 0.2) is 6.33 Å². The molecule has 3 heterocycles. The van der Waals surface area contributed by atoms with Crippen molar-refractivity contribution in [3.8, 4) is 0 Å². The number of imidazole rings is 1. The van der Waals surface area contributed by atoms with E-state index in [2.05, 4.69) is 54.3 Å². The molecule has 7 nitrogen and oxygen atoms in total.